The van der Waals surface area contributed by atoms with Gasteiger partial charge in [0.2, 0.25) is 0 Å². The number of benzene rings is 1. The fraction of sp³-hybridized carbons (Fsp3) is 0.385. The van der Waals surface area contributed by atoms with E-state index >= 15 is 0 Å². The number of carbonyl (C=O) groups excluding carboxylic acids is 1. The summed E-state index contributed by atoms with van der Waals surface area (Å²) < 4.78 is 41.5. The van der Waals surface area contributed by atoms with Crippen LogP contribution in [-0.4, -0.2) is 25.9 Å². The number of ether oxygens (including phenoxy) is 1. The van der Waals surface area contributed by atoms with Crippen molar-refractivity contribution >= 4 is 12.2 Å². The maximum Gasteiger partial charge on any atom is 0.416 e. The summed E-state index contributed by atoms with van der Waals surface area (Å²) in [5.41, 5.74) is -0.265. The Balaban J connectivity index is 2.49. The molecule has 0 aliphatic carbocycles. The molecule has 1 atom stereocenters. The summed E-state index contributed by atoms with van der Waals surface area (Å²) >= 11 is 0. The molecule has 0 aliphatic heterocycles. The molecule has 0 bridgehead atoms. The fourth-order valence-corrected chi connectivity index (χ4v) is 1.28. The number of esters is 1. The van der Waals surface area contributed by atoms with E-state index in [1.165, 1.54) is 25.5 Å². The highest BCUT2D eigenvalue weighted by Crippen LogP contribution is 2.28. The van der Waals surface area contributed by atoms with Gasteiger partial charge >= 0.3 is 12.1 Å². The maximum absolute atomic E-state index is 12.3. The molecule has 0 unspecified atom stereocenters. The van der Waals surface area contributed by atoms with Crippen molar-refractivity contribution in [3.05, 3.63) is 35.4 Å². The monoisotopic (exact) mass is 289 g/mol. The minimum absolute atomic E-state index is 0.0316. The van der Waals surface area contributed by atoms with Crippen molar-refractivity contribution in [2.75, 3.05) is 13.7 Å². The Morgan fingerprint density at radius 1 is 1.35 bits per heavy atom. The summed E-state index contributed by atoms with van der Waals surface area (Å²) in [5, 5.41) is 3.58. The van der Waals surface area contributed by atoms with Crippen LogP contribution in [0.1, 0.15) is 18.1 Å². The van der Waals surface area contributed by atoms with Gasteiger partial charge in [0.05, 0.1) is 24.8 Å². The summed E-state index contributed by atoms with van der Waals surface area (Å²) in [7, 11) is 1.27. The summed E-state index contributed by atoms with van der Waals surface area (Å²) in [4.78, 5) is 15.9. The Bertz CT molecular complexity index is 469. The van der Waals surface area contributed by atoms with Crippen molar-refractivity contribution < 1.29 is 27.5 Å². The molecule has 7 heteroatoms. The van der Waals surface area contributed by atoms with Crippen molar-refractivity contribution in [2.45, 2.75) is 13.1 Å². The number of halogens is 3. The molecule has 0 heterocycles. The molecule has 1 aromatic carbocycles. The van der Waals surface area contributed by atoms with E-state index in [4.69, 9.17) is 4.84 Å². The Labute approximate surface area is 114 Å². The molecule has 1 aromatic rings. The number of carbonyl (C=O) groups is 1. The van der Waals surface area contributed by atoms with Gasteiger partial charge in [-0.3, -0.25) is 4.79 Å². The molecule has 0 aliphatic rings. The quantitative estimate of drug-likeness (QED) is 0.476. The standard InChI is InChI=1S/C13H14F3NO3/c1-9(12(18)19-2)8-20-17-7-10-3-5-11(6-4-10)13(14,15)16/h3-7,9H,8H2,1-2H3/t9-/m1/s1. The molecule has 0 fully saturated rings. The van der Waals surface area contributed by atoms with E-state index in [9.17, 15) is 18.0 Å². The van der Waals surface area contributed by atoms with Crippen LogP contribution in [0.2, 0.25) is 0 Å². The van der Waals surface area contributed by atoms with Crippen LogP contribution in [0.4, 0.5) is 13.2 Å². The van der Waals surface area contributed by atoms with Gasteiger partial charge in [0, 0.05) is 0 Å². The Morgan fingerprint density at radius 3 is 2.45 bits per heavy atom. The normalized spacial score (nSPS) is 13.2. The van der Waals surface area contributed by atoms with Crippen LogP contribution in [-0.2, 0) is 20.5 Å². The molecule has 4 nitrogen and oxygen atoms in total. The minimum Gasteiger partial charge on any atom is -0.469 e. The number of alkyl halides is 3. The SMILES string of the molecule is COC(=O)[C@H](C)CON=Cc1ccc(C(F)(F)F)cc1. The van der Waals surface area contributed by atoms with Crippen LogP contribution in [0.3, 0.4) is 0 Å². The minimum atomic E-state index is -4.36. The predicted octanol–water partition coefficient (Wildman–Crippen LogP) is 2.87. The van der Waals surface area contributed by atoms with Gasteiger partial charge in [-0.1, -0.05) is 17.3 Å². The Morgan fingerprint density at radius 2 is 1.95 bits per heavy atom. The van der Waals surface area contributed by atoms with Crippen LogP contribution in [0.15, 0.2) is 29.4 Å². The number of nitrogens with zero attached hydrogens (tertiary/aromatic N) is 1. The van der Waals surface area contributed by atoms with E-state index in [2.05, 4.69) is 9.89 Å². The van der Waals surface area contributed by atoms with Gasteiger partial charge in [-0.15, -0.1) is 0 Å². The topological polar surface area (TPSA) is 47.9 Å². The third-order valence-corrected chi connectivity index (χ3v) is 2.44. The lowest BCUT2D eigenvalue weighted by atomic mass is 10.1. The summed E-state index contributed by atoms with van der Waals surface area (Å²) in [6.07, 6.45) is -3.09. The second-order valence-electron chi connectivity index (χ2n) is 4.07. The van der Waals surface area contributed by atoms with Gasteiger partial charge in [0.15, 0.2) is 0 Å². The largest absolute Gasteiger partial charge is 0.469 e. The number of methoxy groups -OCH3 is 1. The zero-order valence-corrected chi connectivity index (χ0v) is 11.0. The smallest absolute Gasteiger partial charge is 0.416 e. The van der Waals surface area contributed by atoms with Gasteiger partial charge in [-0.25, -0.2) is 0 Å². The molecule has 0 radical (unpaired) electrons. The molecule has 0 amide bonds. The molecular weight excluding hydrogens is 275 g/mol. The summed E-state index contributed by atoms with van der Waals surface area (Å²) in [6.45, 7) is 1.64. The molecule has 110 valence electrons. The van der Waals surface area contributed by atoms with Gasteiger partial charge in [0.1, 0.15) is 6.61 Å². The average Bonchev–Trinajstić information content (AvgIpc) is 2.42. The van der Waals surface area contributed by atoms with Crippen LogP contribution in [0, 0.1) is 5.92 Å². The Kier molecular flexibility index (Phi) is 5.54. The first-order valence-corrected chi connectivity index (χ1v) is 5.75. The molecule has 20 heavy (non-hydrogen) atoms. The number of rotatable bonds is 5. The lowest BCUT2D eigenvalue weighted by Crippen LogP contribution is -2.17. The van der Waals surface area contributed by atoms with Crippen molar-refractivity contribution in [3.63, 3.8) is 0 Å². The number of oxime groups is 1. The Hall–Kier alpha value is -2.05. The number of hydrogen-bond donors (Lipinski definition) is 0. The predicted molar refractivity (Wildman–Crippen MR) is 66.2 cm³/mol. The van der Waals surface area contributed by atoms with Crippen molar-refractivity contribution in [3.8, 4) is 0 Å². The molecule has 0 N–H and O–H groups in total. The van der Waals surface area contributed by atoms with Crippen molar-refractivity contribution in [2.24, 2.45) is 11.1 Å². The van der Waals surface area contributed by atoms with E-state index in [1.54, 1.807) is 6.92 Å². The molecule has 0 aromatic heterocycles. The number of hydrogen-bond acceptors (Lipinski definition) is 4. The molecule has 0 saturated carbocycles. The third-order valence-electron chi connectivity index (χ3n) is 2.44. The molecule has 1 rings (SSSR count). The highest BCUT2D eigenvalue weighted by Gasteiger charge is 2.29. The van der Waals surface area contributed by atoms with Crippen LogP contribution < -0.4 is 0 Å². The third kappa shape index (κ3) is 4.91. The lowest BCUT2D eigenvalue weighted by molar-refractivity contribution is -0.146. The van der Waals surface area contributed by atoms with Gasteiger partial charge < -0.3 is 9.57 Å². The second-order valence-corrected chi connectivity index (χ2v) is 4.07. The average molecular weight is 289 g/mol. The molecular formula is C13H14F3NO3. The molecule has 0 spiro atoms. The first kappa shape index (κ1) is 16.0. The van der Waals surface area contributed by atoms with Crippen LogP contribution in [0.5, 0.6) is 0 Å². The van der Waals surface area contributed by atoms with Gasteiger partial charge in [-0.05, 0) is 24.6 Å². The van der Waals surface area contributed by atoms with Gasteiger partial charge in [-0.2, -0.15) is 13.2 Å². The zero-order chi connectivity index (χ0) is 15.2. The highest BCUT2D eigenvalue weighted by atomic mass is 19.4. The van der Waals surface area contributed by atoms with Crippen LogP contribution >= 0.6 is 0 Å². The van der Waals surface area contributed by atoms with Crippen LogP contribution in [0.25, 0.3) is 0 Å². The second kappa shape index (κ2) is 6.93. The van der Waals surface area contributed by atoms with E-state index in [-0.39, 0.29) is 6.61 Å². The first-order valence-electron chi connectivity index (χ1n) is 5.75. The highest BCUT2D eigenvalue weighted by molar-refractivity contribution is 5.79. The molecule has 0 saturated heterocycles. The summed E-state index contributed by atoms with van der Waals surface area (Å²) in [6, 6.07) is 4.47. The maximum atomic E-state index is 12.3. The van der Waals surface area contributed by atoms with Crippen molar-refractivity contribution in [1.82, 2.24) is 0 Å². The van der Waals surface area contributed by atoms with E-state index in [1.807, 2.05) is 0 Å². The lowest BCUT2D eigenvalue weighted by Gasteiger charge is -2.07. The first-order chi connectivity index (χ1) is 9.34. The zero-order valence-electron chi connectivity index (χ0n) is 11.0. The summed E-state index contributed by atoms with van der Waals surface area (Å²) in [5.74, 6) is -0.889. The van der Waals surface area contributed by atoms with E-state index < -0.39 is 23.6 Å². The van der Waals surface area contributed by atoms with Crippen molar-refractivity contribution in [1.29, 1.82) is 0 Å². The van der Waals surface area contributed by atoms with E-state index in [0.29, 0.717) is 5.56 Å². The van der Waals surface area contributed by atoms with E-state index in [0.717, 1.165) is 12.1 Å². The van der Waals surface area contributed by atoms with Gasteiger partial charge in [0.25, 0.3) is 0 Å². The fourth-order valence-electron chi connectivity index (χ4n) is 1.28.